The van der Waals surface area contributed by atoms with Crippen molar-refractivity contribution in [3.63, 3.8) is 0 Å². The van der Waals surface area contributed by atoms with Gasteiger partial charge in [0.05, 0.1) is 5.56 Å². The molecule has 0 aliphatic rings. The van der Waals surface area contributed by atoms with Crippen molar-refractivity contribution in [3.8, 4) is 5.69 Å². The second-order valence-electron chi connectivity index (χ2n) is 4.75. The van der Waals surface area contributed by atoms with Gasteiger partial charge in [-0.2, -0.15) is 0 Å². The number of ether oxygens (including phenoxy) is 1. The van der Waals surface area contributed by atoms with Crippen molar-refractivity contribution in [3.05, 3.63) is 53.3 Å². The van der Waals surface area contributed by atoms with Gasteiger partial charge in [0, 0.05) is 24.1 Å². The Balaban J connectivity index is 2.12. The van der Waals surface area contributed by atoms with E-state index in [4.69, 9.17) is 4.74 Å². The van der Waals surface area contributed by atoms with Gasteiger partial charge in [-0.1, -0.05) is 0 Å². The number of rotatable bonds is 4. The number of aryl methyl sites for hydroxylation is 2. The molecule has 2 rings (SSSR count). The van der Waals surface area contributed by atoms with Gasteiger partial charge >= 0.3 is 5.97 Å². The number of hydrogen-bond acceptors (Lipinski definition) is 3. The molecule has 0 fully saturated rings. The Kier molecular flexibility index (Phi) is 4.42. The number of carbonyl (C=O) groups is 2. The van der Waals surface area contributed by atoms with Crippen LogP contribution in [0, 0.1) is 13.8 Å². The minimum absolute atomic E-state index is 0.271. The molecular formula is C16H18N2O3. The lowest BCUT2D eigenvalue weighted by Crippen LogP contribution is -2.25. The third-order valence-corrected chi connectivity index (χ3v) is 3.25. The van der Waals surface area contributed by atoms with Crippen molar-refractivity contribution in [1.29, 1.82) is 0 Å². The first-order valence-corrected chi connectivity index (χ1v) is 6.66. The summed E-state index contributed by atoms with van der Waals surface area (Å²) in [5, 5.41) is 2.39. The predicted molar refractivity (Wildman–Crippen MR) is 79.6 cm³/mol. The Hall–Kier alpha value is -2.56. The lowest BCUT2D eigenvalue weighted by Gasteiger charge is -2.10. The van der Waals surface area contributed by atoms with E-state index in [0.717, 1.165) is 17.1 Å². The van der Waals surface area contributed by atoms with Crippen LogP contribution in [0.2, 0.25) is 0 Å². The zero-order chi connectivity index (χ0) is 15.4. The van der Waals surface area contributed by atoms with Gasteiger partial charge in [0.25, 0.3) is 5.91 Å². The normalized spacial score (nSPS) is 10.2. The molecule has 0 aliphatic carbocycles. The average Bonchev–Trinajstić information content (AvgIpc) is 2.83. The molecule has 1 aromatic carbocycles. The van der Waals surface area contributed by atoms with Gasteiger partial charge < -0.3 is 14.6 Å². The molecule has 5 nitrogen and oxygen atoms in total. The van der Waals surface area contributed by atoms with E-state index in [2.05, 4.69) is 9.88 Å². The van der Waals surface area contributed by atoms with Gasteiger partial charge in [-0.25, -0.2) is 4.79 Å². The van der Waals surface area contributed by atoms with Crippen LogP contribution in [0.3, 0.4) is 0 Å². The first-order valence-electron chi connectivity index (χ1n) is 6.66. The Labute approximate surface area is 123 Å². The monoisotopic (exact) mass is 286 g/mol. The van der Waals surface area contributed by atoms with E-state index >= 15 is 0 Å². The molecule has 1 heterocycles. The van der Waals surface area contributed by atoms with Crippen molar-refractivity contribution < 1.29 is 14.3 Å². The van der Waals surface area contributed by atoms with E-state index in [1.807, 2.05) is 38.1 Å². The van der Waals surface area contributed by atoms with Gasteiger partial charge in [-0.15, -0.1) is 0 Å². The standard InChI is InChI=1S/C16H18N2O3/c1-11-4-5-12(2)18(11)14-8-6-13(7-9-14)16(20)21-10-15(19)17-3/h4-9H,10H2,1-3H3,(H,17,19). The number of likely N-dealkylation sites (N-methyl/N-ethyl adjacent to an activating group) is 1. The highest BCUT2D eigenvalue weighted by molar-refractivity contribution is 5.91. The maximum atomic E-state index is 11.8. The van der Waals surface area contributed by atoms with Crippen LogP contribution in [-0.4, -0.2) is 30.1 Å². The Morgan fingerprint density at radius 2 is 1.62 bits per heavy atom. The third-order valence-electron chi connectivity index (χ3n) is 3.25. The maximum absolute atomic E-state index is 11.8. The lowest BCUT2D eigenvalue weighted by molar-refractivity contribution is -0.123. The highest BCUT2D eigenvalue weighted by Crippen LogP contribution is 2.17. The summed E-state index contributed by atoms with van der Waals surface area (Å²) in [5.74, 6) is -0.843. The fraction of sp³-hybridized carbons (Fsp3) is 0.250. The molecule has 0 saturated carbocycles. The highest BCUT2D eigenvalue weighted by atomic mass is 16.5. The number of nitrogens with one attached hydrogen (secondary N) is 1. The molecule has 110 valence electrons. The molecule has 0 atom stereocenters. The lowest BCUT2D eigenvalue weighted by atomic mass is 10.2. The molecule has 0 bridgehead atoms. The molecule has 2 aromatic rings. The predicted octanol–water partition coefficient (Wildman–Crippen LogP) is 2.00. The molecule has 1 N–H and O–H groups in total. The largest absolute Gasteiger partial charge is 0.452 e. The first-order chi connectivity index (χ1) is 10.0. The molecule has 21 heavy (non-hydrogen) atoms. The maximum Gasteiger partial charge on any atom is 0.338 e. The zero-order valence-corrected chi connectivity index (χ0v) is 12.3. The highest BCUT2D eigenvalue weighted by Gasteiger charge is 2.10. The van der Waals surface area contributed by atoms with E-state index in [9.17, 15) is 9.59 Å². The van der Waals surface area contributed by atoms with Crippen molar-refractivity contribution >= 4 is 11.9 Å². The van der Waals surface area contributed by atoms with E-state index < -0.39 is 5.97 Å². The smallest absolute Gasteiger partial charge is 0.338 e. The topological polar surface area (TPSA) is 60.3 Å². The quantitative estimate of drug-likeness (QED) is 0.874. The van der Waals surface area contributed by atoms with E-state index in [0.29, 0.717) is 5.56 Å². The molecular weight excluding hydrogens is 268 g/mol. The van der Waals surface area contributed by atoms with Crippen molar-refractivity contribution in [2.45, 2.75) is 13.8 Å². The van der Waals surface area contributed by atoms with E-state index in [1.54, 1.807) is 12.1 Å². The van der Waals surface area contributed by atoms with Crippen molar-refractivity contribution in [1.82, 2.24) is 9.88 Å². The van der Waals surface area contributed by atoms with E-state index in [-0.39, 0.29) is 12.5 Å². The summed E-state index contributed by atoms with van der Waals surface area (Å²) in [4.78, 5) is 22.8. The van der Waals surface area contributed by atoms with Gasteiger partial charge in [0.1, 0.15) is 0 Å². The SMILES string of the molecule is CNC(=O)COC(=O)c1ccc(-n2c(C)ccc2C)cc1. The van der Waals surface area contributed by atoms with Gasteiger partial charge in [0.2, 0.25) is 0 Å². The molecule has 0 saturated heterocycles. The molecule has 1 aromatic heterocycles. The minimum Gasteiger partial charge on any atom is -0.452 e. The zero-order valence-electron chi connectivity index (χ0n) is 12.3. The fourth-order valence-electron chi connectivity index (χ4n) is 2.11. The van der Waals surface area contributed by atoms with Crippen LogP contribution < -0.4 is 5.32 Å². The van der Waals surface area contributed by atoms with Crippen LogP contribution in [0.5, 0.6) is 0 Å². The Morgan fingerprint density at radius 1 is 1.05 bits per heavy atom. The number of benzene rings is 1. The fourth-order valence-corrected chi connectivity index (χ4v) is 2.11. The summed E-state index contributed by atoms with van der Waals surface area (Å²) in [7, 11) is 1.49. The van der Waals surface area contributed by atoms with Crippen LogP contribution in [0.15, 0.2) is 36.4 Å². The number of aromatic nitrogens is 1. The van der Waals surface area contributed by atoms with Crippen molar-refractivity contribution in [2.75, 3.05) is 13.7 Å². The molecule has 5 heteroatoms. The summed E-state index contributed by atoms with van der Waals surface area (Å²) >= 11 is 0. The first kappa shape index (κ1) is 14.8. The number of nitrogens with zero attached hydrogens (tertiary/aromatic N) is 1. The summed E-state index contributed by atoms with van der Waals surface area (Å²) in [6.45, 7) is 3.78. The van der Waals surface area contributed by atoms with Gasteiger partial charge in [0.15, 0.2) is 6.61 Å². The number of esters is 1. The summed E-state index contributed by atoms with van der Waals surface area (Å²) in [6.07, 6.45) is 0. The molecule has 0 spiro atoms. The van der Waals surface area contributed by atoms with Crippen LogP contribution >= 0.6 is 0 Å². The number of amides is 1. The Morgan fingerprint density at radius 3 is 2.14 bits per heavy atom. The van der Waals surface area contributed by atoms with Crippen LogP contribution in [-0.2, 0) is 9.53 Å². The van der Waals surface area contributed by atoms with E-state index in [1.165, 1.54) is 7.05 Å². The number of hydrogen-bond donors (Lipinski definition) is 1. The summed E-state index contributed by atoms with van der Waals surface area (Å²) in [5.41, 5.74) is 3.66. The molecule has 1 amide bonds. The number of carbonyl (C=O) groups excluding carboxylic acids is 2. The van der Waals surface area contributed by atoms with Gasteiger partial charge in [-0.05, 0) is 50.2 Å². The van der Waals surface area contributed by atoms with Gasteiger partial charge in [-0.3, -0.25) is 4.79 Å². The molecule has 0 radical (unpaired) electrons. The molecule has 0 aliphatic heterocycles. The van der Waals surface area contributed by atoms with Crippen LogP contribution in [0.1, 0.15) is 21.7 Å². The minimum atomic E-state index is -0.508. The average molecular weight is 286 g/mol. The Bertz CT molecular complexity index is 637. The second-order valence-corrected chi connectivity index (χ2v) is 4.75. The van der Waals surface area contributed by atoms with Crippen molar-refractivity contribution in [2.24, 2.45) is 0 Å². The van der Waals surface area contributed by atoms with Crippen LogP contribution in [0.25, 0.3) is 5.69 Å². The van der Waals surface area contributed by atoms with Crippen LogP contribution in [0.4, 0.5) is 0 Å². The summed E-state index contributed by atoms with van der Waals surface area (Å²) in [6, 6.07) is 11.2. The second kappa shape index (κ2) is 6.26. The summed E-state index contributed by atoms with van der Waals surface area (Å²) < 4.78 is 7.00. The third kappa shape index (κ3) is 3.31. The molecule has 0 unspecified atom stereocenters.